The molecule has 0 aromatic heterocycles. The van der Waals surface area contributed by atoms with E-state index in [2.05, 4.69) is 57.2 Å². The summed E-state index contributed by atoms with van der Waals surface area (Å²) in [7, 11) is 0. The number of hydrogen-bond acceptors (Lipinski definition) is 0. The first-order valence-corrected chi connectivity index (χ1v) is 9.89. The van der Waals surface area contributed by atoms with Gasteiger partial charge in [0, 0.05) is 5.41 Å². The van der Waals surface area contributed by atoms with Crippen LogP contribution in [0.4, 0.5) is 0 Å². The first-order chi connectivity index (χ1) is 11.7. The molecular formula is C24H30. The summed E-state index contributed by atoms with van der Waals surface area (Å²) in [6.45, 7) is 6.78. The molecule has 0 N–H and O–H groups in total. The zero-order valence-electron chi connectivity index (χ0n) is 15.5. The lowest BCUT2D eigenvalue weighted by Gasteiger charge is -2.15. The van der Waals surface area contributed by atoms with E-state index in [0.717, 1.165) is 5.92 Å². The molecule has 0 heteroatoms. The SMILES string of the molecule is CCCCCCCC1CC12c1cc(C)ccc1-c1ccc(C)cc12. The number of aryl methyl sites for hydroxylation is 2. The van der Waals surface area contributed by atoms with Crippen LogP contribution in [0.15, 0.2) is 36.4 Å². The summed E-state index contributed by atoms with van der Waals surface area (Å²) >= 11 is 0. The Hall–Kier alpha value is -1.56. The summed E-state index contributed by atoms with van der Waals surface area (Å²) in [5.74, 6) is 0.864. The van der Waals surface area contributed by atoms with Crippen LogP contribution < -0.4 is 0 Å². The largest absolute Gasteiger partial charge is 0.0654 e. The van der Waals surface area contributed by atoms with E-state index in [1.54, 1.807) is 11.1 Å². The molecule has 0 radical (unpaired) electrons. The fourth-order valence-corrected chi connectivity index (χ4v) is 5.00. The summed E-state index contributed by atoms with van der Waals surface area (Å²) < 4.78 is 0. The van der Waals surface area contributed by atoms with Gasteiger partial charge in [-0.15, -0.1) is 0 Å². The lowest BCUT2D eigenvalue weighted by Crippen LogP contribution is -2.09. The summed E-state index contributed by atoms with van der Waals surface area (Å²) in [6, 6.07) is 14.2. The van der Waals surface area contributed by atoms with E-state index < -0.39 is 0 Å². The quantitative estimate of drug-likeness (QED) is 0.505. The highest BCUT2D eigenvalue weighted by atomic mass is 14.6. The zero-order valence-corrected chi connectivity index (χ0v) is 15.5. The molecule has 1 spiro atoms. The smallest absolute Gasteiger partial charge is 0.0247 e. The average molecular weight is 319 g/mol. The van der Waals surface area contributed by atoms with Crippen molar-refractivity contribution in [1.29, 1.82) is 0 Å². The number of unbranched alkanes of at least 4 members (excludes halogenated alkanes) is 4. The molecule has 0 nitrogen and oxygen atoms in total. The van der Waals surface area contributed by atoms with Crippen molar-refractivity contribution in [3.63, 3.8) is 0 Å². The van der Waals surface area contributed by atoms with Crippen LogP contribution in [0.5, 0.6) is 0 Å². The van der Waals surface area contributed by atoms with Crippen molar-refractivity contribution in [3.8, 4) is 11.1 Å². The zero-order chi connectivity index (χ0) is 16.7. The van der Waals surface area contributed by atoms with E-state index in [1.165, 1.54) is 67.2 Å². The molecule has 2 aromatic rings. The molecule has 1 fully saturated rings. The third kappa shape index (κ3) is 2.42. The minimum absolute atomic E-state index is 0.355. The summed E-state index contributed by atoms with van der Waals surface area (Å²) in [6.07, 6.45) is 9.77. The summed E-state index contributed by atoms with van der Waals surface area (Å²) in [4.78, 5) is 0. The van der Waals surface area contributed by atoms with Crippen molar-refractivity contribution in [2.75, 3.05) is 0 Å². The molecule has 1 saturated carbocycles. The molecule has 2 aliphatic carbocycles. The molecule has 0 aliphatic heterocycles. The van der Waals surface area contributed by atoms with Crippen LogP contribution in [0.25, 0.3) is 11.1 Å². The molecule has 4 rings (SSSR count). The van der Waals surface area contributed by atoms with Gasteiger partial charge in [-0.3, -0.25) is 0 Å². The van der Waals surface area contributed by atoms with Crippen molar-refractivity contribution in [2.24, 2.45) is 5.92 Å². The van der Waals surface area contributed by atoms with E-state index in [-0.39, 0.29) is 0 Å². The average Bonchev–Trinajstić information content (AvgIpc) is 3.23. The molecule has 0 amide bonds. The minimum atomic E-state index is 0.355. The Balaban J connectivity index is 1.62. The highest BCUT2D eigenvalue weighted by Crippen LogP contribution is 2.67. The van der Waals surface area contributed by atoms with Gasteiger partial charge in [0.15, 0.2) is 0 Å². The van der Waals surface area contributed by atoms with Crippen LogP contribution in [0, 0.1) is 19.8 Å². The lowest BCUT2D eigenvalue weighted by molar-refractivity contribution is 0.556. The molecule has 0 bridgehead atoms. The van der Waals surface area contributed by atoms with Crippen LogP contribution in [0.1, 0.15) is 74.1 Å². The molecular weight excluding hydrogens is 288 g/mol. The second kappa shape index (κ2) is 6.06. The van der Waals surface area contributed by atoms with Gasteiger partial charge in [-0.05, 0) is 54.9 Å². The Morgan fingerprint density at radius 3 is 2.00 bits per heavy atom. The van der Waals surface area contributed by atoms with Gasteiger partial charge in [0.2, 0.25) is 0 Å². The fraction of sp³-hybridized carbons (Fsp3) is 0.500. The van der Waals surface area contributed by atoms with Crippen molar-refractivity contribution in [2.45, 2.75) is 71.1 Å². The standard InChI is InChI=1S/C24H30/c1-4-5-6-7-8-9-19-16-24(19)22-14-17(2)10-12-20(22)21-13-11-18(3)15-23(21)24/h10-15,19H,4-9,16H2,1-3H3. The Kier molecular flexibility index (Phi) is 4.03. The van der Waals surface area contributed by atoms with E-state index in [1.807, 2.05) is 0 Å². The van der Waals surface area contributed by atoms with E-state index in [9.17, 15) is 0 Å². The van der Waals surface area contributed by atoms with Gasteiger partial charge in [-0.1, -0.05) is 86.6 Å². The number of fused-ring (bicyclic) bond motifs is 5. The molecule has 0 heterocycles. The lowest BCUT2D eigenvalue weighted by atomic mass is 9.88. The van der Waals surface area contributed by atoms with Crippen molar-refractivity contribution < 1.29 is 0 Å². The van der Waals surface area contributed by atoms with E-state index in [4.69, 9.17) is 0 Å². The van der Waals surface area contributed by atoms with E-state index >= 15 is 0 Å². The predicted molar refractivity (Wildman–Crippen MR) is 104 cm³/mol. The normalized spacial score (nSPS) is 19.4. The van der Waals surface area contributed by atoms with Gasteiger partial charge in [0.05, 0.1) is 0 Å². The van der Waals surface area contributed by atoms with Crippen LogP contribution in [-0.2, 0) is 5.41 Å². The summed E-state index contributed by atoms with van der Waals surface area (Å²) in [5.41, 5.74) is 9.43. The topological polar surface area (TPSA) is 0 Å². The van der Waals surface area contributed by atoms with E-state index in [0.29, 0.717) is 5.41 Å². The molecule has 24 heavy (non-hydrogen) atoms. The second-order valence-corrected chi connectivity index (χ2v) is 8.17. The Morgan fingerprint density at radius 2 is 1.42 bits per heavy atom. The number of rotatable bonds is 6. The van der Waals surface area contributed by atoms with Gasteiger partial charge < -0.3 is 0 Å². The maximum atomic E-state index is 2.47. The van der Waals surface area contributed by atoms with Gasteiger partial charge >= 0.3 is 0 Å². The van der Waals surface area contributed by atoms with Crippen molar-refractivity contribution in [1.82, 2.24) is 0 Å². The van der Waals surface area contributed by atoms with Crippen LogP contribution in [0.2, 0.25) is 0 Å². The minimum Gasteiger partial charge on any atom is -0.0654 e. The highest BCUT2D eigenvalue weighted by Gasteiger charge is 2.60. The molecule has 1 atom stereocenters. The van der Waals surface area contributed by atoms with Crippen LogP contribution >= 0.6 is 0 Å². The summed E-state index contributed by atoms with van der Waals surface area (Å²) in [5, 5.41) is 0. The van der Waals surface area contributed by atoms with Crippen molar-refractivity contribution in [3.05, 3.63) is 58.7 Å². The first-order valence-electron chi connectivity index (χ1n) is 9.89. The molecule has 126 valence electrons. The van der Waals surface area contributed by atoms with Crippen LogP contribution in [0.3, 0.4) is 0 Å². The fourth-order valence-electron chi connectivity index (χ4n) is 5.00. The number of hydrogen-bond donors (Lipinski definition) is 0. The third-order valence-electron chi connectivity index (χ3n) is 6.36. The predicted octanol–water partition coefficient (Wildman–Crippen LogP) is 6.95. The molecule has 2 aliphatic rings. The van der Waals surface area contributed by atoms with Gasteiger partial charge in [-0.25, -0.2) is 0 Å². The highest BCUT2D eigenvalue weighted by molar-refractivity contribution is 5.83. The second-order valence-electron chi connectivity index (χ2n) is 8.17. The molecule has 2 aromatic carbocycles. The third-order valence-corrected chi connectivity index (χ3v) is 6.36. The number of benzene rings is 2. The van der Waals surface area contributed by atoms with Gasteiger partial charge in [0.25, 0.3) is 0 Å². The maximum Gasteiger partial charge on any atom is 0.0247 e. The Morgan fingerprint density at radius 1 is 0.833 bits per heavy atom. The molecule has 0 saturated heterocycles. The van der Waals surface area contributed by atoms with Crippen molar-refractivity contribution >= 4 is 0 Å². The Labute approximate surface area is 147 Å². The maximum absolute atomic E-state index is 2.47. The molecule has 1 unspecified atom stereocenters. The van der Waals surface area contributed by atoms with Gasteiger partial charge in [0.1, 0.15) is 0 Å². The van der Waals surface area contributed by atoms with Gasteiger partial charge in [-0.2, -0.15) is 0 Å². The Bertz CT molecular complexity index is 701. The first kappa shape index (κ1) is 15.9. The van der Waals surface area contributed by atoms with Crippen LogP contribution in [-0.4, -0.2) is 0 Å². The monoisotopic (exact) mass is 318 g/mol.